The van der Waals surface area contributed by atoms with Crippen molar-refractivity contribution in [3.05, 3.63) is 21.8 Å². The van der Waals surface area contributed by atoms with Crippen molar-refractivity contribution in [1.82, 2.24) is 4.98 Å². The number of rotatable bonds is 2. The summed E-state index contributed by atoms with van der Waals surface area (Å²) in [6.45, 7) is 0.0868. The molecule has 2 rings (SSSR count). The Balaban J connectivity index is 2.44. The third-order valence-electron chi connectivity index (χ3n) is 1.72. The maximum atomic E-state index is 8.64. The van der Waals surface area contributed by atoms with Crippen LogP contribution >= 0.6 is 0 Å². The standard InChI is InChI=1S/C6H7NO2/c8-1-3-4(2-9)6-5(3)7-6/h7-9H,1-2H2. The molecule has 0 aromatic rings. The fraction of sp³-hybridized carbons (Fsp3) is 0.333. The Labute approximate surface area is 51.3 Å². The molecule has 0 atom stereocenters. The van der Waals surface area contributed by atoms with Crippen LogP contribution in [-0.2, 0) is 13.2 Å². The van der Waals surface area contributed by atoms with E-state index in [0.29, 0.717) is 0 Å². The summed E-state index contributed by atoms with van der Waals surface area (Å²) in [5.74, 6) is 0. The van der Waals surface area contributed by atoms with Crippen LogP contribution in [0.4, 0.5) is 0 Å². The minimum Gasteiger partial charge on any atom is -0.392 e. The number of aliphatic hydroxyl groups excluding tert-OH is 2. The van der Waals surface area contributed by atoms with E-state index in [0.717, 1.165) is 21.8 Å². The molecule has 0 spiro atoms. The van der Waals surface area contributed by atoms with Gasteiger partial charge in [0.2, 0.25) is 0 Å². The third-order valence-corrected chi connectivity index (χ3v) is 1.72. The predicted molar refractivity (Wildman–Crippen MR) is 30.3 cm³/mol. The first kappa shape index (κ1) is 5.02. The second-order valence-electron chi connectivity index (χ2n) is 2.15. The first-order valence-electron chi connectivity index (χ1n) is 2.84. The van der Waals surface area contributed by atoms with Gasteiger partial charge in [0.25, 0.3) is 0 Å². The van der Waals surface area contributed by atoms with E-state index in [4.69, 9.17) is 10.2 Å². The molecular weight excluding hydrogens is 118 g/mol. The van der Waals surface area contributed by atoms with Crippen LogP contribution < -0.4 is 0 Å². The molecule has 0 aromatic heterocycles. The Hall–Kier alpha value is -0.800. The minimum atomic E-state index is 0.0434. The lowest BCUT2D eigenvalue weighted by Gasteiger charge is -1.99. The van der Waals surface area contributed by atoms with Gasteiger partial charge in [-0.3, -0.25) is 0 Å². The lowest BCUT2D eigenvalue weighted by atomic mass is 10.1. The summed E-state index contributed by atoms with van der Waals surface area (Å²) in [5, 5.41) is 19.4. The Morgan fingerprint density at radius 2 is 1.44 bits per heavy atom. The molecule has 0 unspecified atom stereocenters. The van der Waals surface area contributed by atoms with Gasteiger partial charge in [-0.1, -0.05) is 0 Å². The van der Waals surface area contributed by atoms with Gasteiger partial charge in [0.15, 0.2) is 0 Å². The van der Waals surface area contributed by atoms with Crippen LogP contribution in [0.1, 0.15) is 11.1 Å². The number of aromatic amines is 1. The molecular formula is C6H7NO2. The maximum absolute atomic E-state index is 8.64. The summed E-state index contributed by atoms with van der Waals surface area (Å²) in [5.41, 5.74) is 1.76. The highest BCUT2D eigenvalue weighted by molar-refractivity contribution is 5.37. The number of nitrogens with one attached hydrogen (secondary N) is 1. The molecule has 2 aliphatic rings. The van der Waals surface area contributed by atoms with E-state index in [-0.39, 0.29) is 13.2 Å². The van der Waals surface area contributed by atoms with Gasteiger partial charge in [0.05, 0.1) is 23.9 Å². The normalized spacial score (nSPS) is 12.2. The molecule has 3 heteroatoms. The average Bonchev–Trinajstić information content (AvgIpc) is 2.47. The molecule has 0 fully saturated rings. The zero-order valence-corrected chi connectivity index (χ0v) is 4.81. The van der Waals surface area contributed by atoms with E-state index in [1.54, 1.807) is 0 Å². The summed E-state index contributed by atoms with van der Waals surface area (Å²) < 4.78 is 0. The molecule has 1 heterocycles. The molecule has 1 aliphatic heterocycles. The van der Waals surface area contributed by atoms with Crippen molar-refractivity contribution in [1.29, 1.82) is 0 Å². The monoisotopic (exact) mass is 125 g/mol. The van der Waals surface area contributed by atoms with Crippen LogP contribution in [-0.4, -0.2) is 15.2 Å². The average molecular weight is 125 g/mol. The van der Waals surface area contributed by atoms with Crippen LogP contribution in [0.3, 0.4) is 0 Å². The second kappa shape index (κ2) is 1.37. The van der Waals surface area contributed by atoms with Crippen LogP contribution in [0.5, 0.6) is 0 Å². The summed E-state index contributed by atoms with van der Waals surface area (Å²) >= 11 is 0. The second-order valence-corrected chi connectivity index (χ2v) is 2.15. The fourth-order valence-electron chi connectivity index (χ4n) is 1.13. The molecule has 0 radical (unpaired) electrons. The number of hydrogen-bond acceptors (Lipinski definition) is 2. The van der Waals surface area contributed by atoms with Gasteiger partial charge in [-0.15, -0.1) is 0 Å². The summed E-state index contributed by atoms with van der Waals surface area (Å²) in [4.78, 5) is 2.95. The molecule has 0 saturated carbocycles. The van der Waals surface area contributed by atoms with Crippen LogP contribution in [0.2, 0.25) is 0 Å². The van der Waals surface area contributed by atoms with Crippen molar-refractivity contribution in [2.24, 2.45) is 0 Å². The molecule has 0 aromatic carbocycles. The van der Waals surface area contributed by atoms with E-state index in [9.17, 15) is 0 Å². The number of H-pyrrole nitrogens is 1. The van der Waals surface area contributed by atoms with Gasteiger partial charge in [0.1, 0.15) is 0 Å². The Morgan fingerprint density at radius 3 is 1.78 bits per heavy atom. The summed E-state index contributed by atoms with van der Waals surface area (Å²) in [6.07, 6.45) is 0. The first-order chi connectivity index (χ1) is 4.38. The highest BCUT2D eigenvalue weighted by Crippen LogP contribution is 2.22. The van der Waals surface area contributed by atoms with Gasteiger partial charge >= 0.3 is 0 Å². The molecule has 0 saturated heterocycles. The van der Waals surface area contributed by atoms with E-state index >= 15 is 0 Å². The van der Waals surface area contributed by atoms with E-state index < -0.39 is 0 Å². The Kier molecular flexibility index (Phi) is 0.766. The Morgan fingerprint density at radius 1 is 1.00 bits per heavy atom. The first-order valence-corrected chi connectivity index (χ1v) is 2.84. The van der Waals surface area contributed by atoms with E-state index in [1.807, 2.05) is 0 Å². The van der Waals surface area contributed by atoms with Crippen molar-refractivity contribution in [2.45, 2.75) is 13.2 Å². The minimum absolute atomic E-state index is 0.0434. The van der Waals surface area contributed by atoms with Gasteiger partial charge in [-0.05, 0) is 0 Å². The smallest absolute Gasteiger partial charge is 0.0707 e. The quantitative estimate of drug-likeness (QED) is 0.511. The number of hydrogen-bond donors (Lipinski definition) is 3. The van der Waals surface area contributed by atoms with Gasteiger partial charge in [-0.2, -0.15) is 0 Å². The number of aromatic nitrogens is 1. The van der Waals surface area contributed by atoms with Crippen molar-refractivity contribution in [2.75, 3.05) is 0 Å². The SMILES string of the molecule is OCc1c(CO)c2[nH]c1=2. The van der Waals surface area contributed by atoms with Crippen molar-refractivity contribution < 1.29 is 10.2 Å². The largest absolute Gasteiger partial charge is 0.392 e. The molecule has 3 nitrogen and oxygen atoms in total. The topological polar surface area (TPSA) is 56.2 Å². The molecule has 0 amide bonds. The molecule has 0 bridgehead atoms. The summed E-state index contributed by atoms with van der Waals surface area (Å²) in [7, 11) is 0. The van der Waals surface area contributed by atoms with Crippen LogP contribution in [0, 0.1) is 10.7 Å². The maximum Gasteiger partial charge on any atom is 0.0707 e. The zero-order chi connectivity index (χ0) is 6.43. The molecule has 1 aliphatic carbocycles. The molecule has 3 N–H and O–H groups in total. The molecule has 48 valence electrons. The summed E-state index contributed by atoms with van der Waals surface area (Å²) in [6, 6.07) is 0. The highest BCUT2D eigenvalue weighted by atomic mass is 16.3. The van der Waals surface area contributed by atoms with E-state index in [1.165, 1.54) is 0 Å². The van der Waals surface area contributed by atoms with Crippen molar-refractivity contribution in [3.63, 3.8) is 0 Å². The van der Waals surface area contributed by atoms with Crippen LogP contribution in [0.15, 0.2) is 0 Å². The molecule has 9 heavy (non-hydrogen) atoms. The van der Waals surface area contributed by atoms with E-state index in [2.05, 4.69) is 4.98 Å². The number of aliphatic hydroxyl groups is 2. The third kappa shape index (κ3) is 0.433. The van der Waals surface area contributed by atoms with Crippen molar-refractivity contribution >= 4 is 0 Å². The zero-order valence-electron chi connectivity index (χ0n) is 4.81. The lowest BCUT2D eigenvalue weighted by Crippen LogP contribution is -1.95. The van der Waals surface area contributed by atoms with Gasteiger partial charge in [0, 0.05) is 11.1 Å². The highest BCUT2D eigenvalue weighted by Gasteiger charge is 2.18. The Bertz CT molecular complexity index is 295. The van der Waals surface area contributed by atoms with Gasteiger partial charge in [-0.25, -0.2) is 0 Å². The predicted octanol–water partition coefficient (Wildman–Crippen LogP) is -0.400. The lowest BCUT2D eigenvalue weighted by molar-refractivity contribution is 0.257. The van der Waals surface area contributed by atoms with Crippen LogP contribution in [0.25, 0.3) is 0 Å². The van der Waals surface area contributed by atoms with Crippen molar-refractivity contribution in [3.8, 4) is 0 Å². The fourth-order valence-corrected chi connectivity index (χ4v) is 1.13. The van der Waals surface area contributed by atoms with Gasteiger partial charge < -0.3 is 15.2 Å².